The molecule has 5 heteroatoms. The van der Waals surface area contributed by atoms with Gasteiger partial charge in [0.15, 0.2) is 11.2 Å². The second-order valence-corrected chi connectivity index (χ2v) is 3.41. The average Bonchev–Trinajstić information content (AvgIpc) is 2.26. The Morgan fingerprint density at radius 3 is 2.80 bits per heavy atom. The maximum atomic E-state index is 11.8. The van der Waals surface area contributed by atoms with Gasteiger partial charge < -0.3 is 0 Å². The highest BCUT2D eigenvalue weighted by Crippen LogP contribution is 2.03. The van der Waals surface area contributed by atoms with Gasteiger partial charge in [-0.2, -0.15) is 0 Å². The van der Waals surface area contributed by atoms with E-state index in [1.807, 2.05) is 6.92 Å². The fourth-order valence-electron chi connectivity index (χ4n) is 1.35. The molecule has 5 nitrogen and oxygen atoms in total. The molecule has 0 aliphatic heterocycles. The highest BCUT2D eigenvalue weighted by molar-refractivity contribution is 5.68. The summed E-state index contributed by atoms with van der Waals surface area (Å²) >= 11 is 0. The van der Waals surface area contributed by atoms with E-state index >= 15 is 0 Å². The molecular formula is C10H12N4O. The van der Waals surface area contributed by atoms with Gasteiger partial charge in [-0.3, -0.25) is 9.36 Å². The lowest BCUT2D eigenvalue weighted by Crippen LogP contribution is -2.22. The number of rotatable bonds is 1. The highest BCUT2D eigenvalue weighted by atomic mass is 16.1. The van der Waals surface area contributed by atoms with Crippen molar-refractivity contribution in [3.63, 3.8) is 0 Å². The lowest BCUT2D eigenvalue weighted by Gasteiger charge is -2.04. The Morgan fingerprint density at radius 2 is 2.13 bits per heavy atom. The minimum Gasteiger partial charge on any atom is -0.298 e. The molecule has 0 aliphatic carbocycles. The Morgan fingerprint density at radius 1 is 1.40 bits per heavy atom. The zero-order valence-corrected chi connectivity index (χ0v) is 8.98. The van der Waals surface area contributed by atoms with Crippen LogP contribution in [0.25, 0.3) is 11.2 Å². The van der Waals surface area contributed by atoms with E-state index < -0.39 is 0 Å². The monoisotopic (exact) mass is 204 g/mol. The van der Waals surface area contributed by atoms with Crippen molar-refractivity contribution >= 4 is 11.2 Å². The summed E-state index contributed by atoms with van der Waals surface area (Å²) in [6.45, 7) is 3.75. The normalized spacial score (nSPS) is 10.9. The molecule has 2 rings (SSSR count). The van der Waals surface area contributed by atoms with Gasteiger partial charge in [0.05, 0.1) is 11.9 Å². The fourth-order valence-corrected chi connectivity index (χ4v) is 1.35. The van der Waals surface area contributed by atoms with Crippen LogP contribution in [0.15, 0.2) is 11.0 Å². The lowest BCUT2D eigenvalue weighted by molar-refractivity contribution is 0.783. The van der Waals surface area contributed by atoms with Crippen LogP contribution in [0.3, 0.4) is 0 Å². The lowest BCUT2D eigenvalue weighted by atomic mass is 10.3. The van der Waals surface area contributed by atoms with Gasteiger partial charge in [0, 0.05) is 7.05 Å². The largest absolute Gasteiger partial charge is 0.298 e. The molecule has 2 aromatic rings. The van der Waals surface area contributed by atoms with E-state index in [4.69, 9.17) is 0 Å². The molecule has 0 radical (unpaired) electrons. The molecule has 15 heavy (non-hydrogen) atoms. The Bertz CT molecular complexity index is 573. The van der Waals surface area contributed by atoms with Crippen LogP contribution < -0.4 is 5.56 Å². The Balaban J connectivity index is 2.88. The first-order valence-electron chi connectivity index (χ1n) is 4.82. The number of aromatic nitrogens is 4. The van der Waals surface area contributed by atoms with Crippen molar-refractivity contribution in [1.82, 2.24) is 19.5 Å². The van der Waals surface area contributed by atoms with Crippen LogP contribution in [-0.2, 0) is 13.5 Å². The van der Waals surface area contributed by atoms with Crippen molar-refractivity contribution in [3.8, 4) is 0 Å². The summed E-state index contributed by atoms with van der Waals surface area (Å²) in [5.74, 6) is 0.644. The number of aryl methyl sites for hydroxylation is 2. The zero-order valence-electron chi connectivity index (χ0n) is 8.98. The quantitative estimate of drug-likeness (QED) is 0.682. The van der Waals surface area contributed by atoms with Crippen LogP contribution in [-0.4, -0.2) is 19.5 Å². The minimum absolute atomic E-state index is 0.139. The van der Waals surface area contributed by atoms with E-state index in [1.165, 1.54) is 4.57 Å². The van der Waals surface area contributed by atoms with Gasteiger partial charge in [-0.15, -0.1) is 0 Å². The minimum atomic E-state index is -0.139. The number of hydrogen-bond donors (Lipinski definition) is 0. The zero-order chi connectivity index (χ0) is 11.0. The molecule has 0 saturated carbocycles. The van der Waals surface area contributed by atoms with Crippen LogP contribution in [0.4, 0.5) is 0 Å². The van der Waals surface area contributed by atoms with Crippen molar-refractivity contribution < 1.29 is 0 Å². The number of hydrogen-bond acceptors (Lipinski definition) is 4. The van der Waals surface area contributed by atoms with E-state index in [0.717, 1.165) is 12.1 Å². The van der Waals surface area contributed by atoms with Gasteiger partial charge in [0.1, 0.15) is 5.82 Å². The van der Waals surface area contributed by atoms with Crippen LogP contribution in [0.1, 0.15) is 18.4 Å². The second kappa shape index (κ2) is 3.42. The molecule has 0 aliphatic rings. The third-order valence-electron chi connectivity index (χ3n) is 2.43. The van der Waals surface area contributed by atoms with Crippen LogP contribution in [0.2, 0.25) is 0 Å². The van der Waals surface area contributed by atoms with Crippen LogP contribution in [0.5, 0.6) is 0 Å². The Labute approximate surface area is 86.8 Å². The maximum absolute atomic E-state index is 11.8. The summed E-state index contributed by atoms with van der Waals surface area (Å²) in [4.78, 5) is 24.4. The third kappa shape index (κ3) is 1.49. The smallest absolute Gasteiger partial charge is 0.281 e. The molecule has 2 aromatic heterocycles. The predicted molar refractivity (Wildman–Crippen MR) is 56.7 cm³/mol. The molecule has 0 aromatic carbocycles. The van der Waals surface area contributed by atoms with Gasteiger partial charge in [-0.25, -0.2) is 15.0 Å². The molecule has 0 N–H and O–H groups in total. The molecule has 0 unspecified atom stereocenters. The molecule has 0 bridgehead atoms. The predicted octanol–water partition coefficient (Wildman–Crippen LogP) is 0.594. The van der Waals surface area contributed by atoms with Crippen LogP contribution >= 0.6 is 0 Å². The summed E-state index contributed by atoms with van der Waals surface area (Å²) in [5.41, 5.74) is 1.45. The SMILES string of the molecule is CCc1cnc2nc(C)n(C)c(=O)c2n1. The molecule has 0 saturated heterocycles. The molecule has 78 valence electrons. The second-order valence-electron chi connectivity index (χ2n) is 3.41. The van der Waals surface area contributed by atoms with Crippen molar-refractivity contribution in [1.29, 1.82) is 0 Å². The Kier molecular flexibility index (Phi) is 2.22. The molecule has 0 amide bonds. The first-order valence-corrected chi connectivity index (χ1v) is 4.82. The van der Waals surface area contributed by atoms with E-state index in [-0.39, 0.29) is 5.56 Å². The first kappa shape index (κ1) is 9.76. The first-order chi connectivity index (χ1) is 7.13. The summed E-state index contributed by atoms with van der Waals surface area (Å²) in [7, 11) is 1.68. The number of nitrogens with zero attached hydrogens (tertiary/aromatic N) is 4. The fraction of sp³-hybridized carbons (Fsp3) is 0.400. The van der Waals surface area contributed by atoms with E-state index in [1.54, 1.807) is 20.2 Å². The van der Waals surface area contributed by atoms with Gasteiger partial charge in [0.2, 0.25) is 0 Å². The highest BCUT2D eigenvalue weighted by Gasteiger charge is 2.07. The molecule has 0 spiro atoms. The molecule has 2 heterocycles. The van der Waals surface area contributed by atoms with Crippen molar-refractivity contribution in [2.24, 2.45) is 7.05 Å². The Hall–Kier alpha value is -1.78. The van der Waals surface area contributed by atoms with E-state index in [0.29, 0.717) is 17.0 Å². The van der Waals surface area contributed by atoms with Gasteiger partial charge in [-0.1, -0.05) is 6.92 Å². The summed E-state index contributed by atoms with van der Waals surface area (Å²) in [6.07, 6.45) is 2.42. The average molecular weight is 204 g/mol. The van der Waals surface area contributed by atoms with Gasteiger partial charge >= 0.3 is 0 Å². The van der Waals surface area contributed by atoms with Crippen molar-refractivity contribution in [2.45, 2.75) is 20.3 Å². The maximum Gasteiger partial charge on any atom is 0.281 e. The topological polar surface area (TPSA) is 60.7 Å². The number of fused-ring (bicyclic) bond motifs is 1. The van der Waals surface area contributed by atoms with E-state index in [9.17, 15) is 4.79 Å². The third-order valence-corrected chi connectivity index (χ3v) is 2.43. The van der Waals surface area contributed by atoms with Crippen molar-refractivity contribution in [3.05, 3.63) is 28.1 Å². The summed E-state index contributed by atoms with van der Waals surface area (Å²) in [5, 5.41) is 0. The summed E-state index contributed by atoms with van der Waals surface area (Å²) < 4.78 is 1.48. The molecular weight excluding hydrogens is 192 g/mol. The van der Waals surface area contributed by atoms with E-state index in [2.05, 4.69) is 15.0 Å². The standard InChI is InChI=1S/C10H12N4O/c1-4-7-5-11-9-8(13-7)10(15)14(3)6(2)12-9/h5H,4H2,1-3H3. The van der Waals surface area contributed by atoms with Crippen molar-refractivity contribution in [2.75, 3.05) is 0 Å². The van der Waals surface area contributed by atoms with Gasteiger partial charge in [-0.05, 0) is 13.3 Å². The van der Waals surface area contributed by atoms with Gasteiger partial charge in [0.25, 0.3) is 5.56 Å². The summed E-state index contributed by atoms with van der Waals surface area (Å²) in [6, 6.07) is 0. The molecule has 0 fully saturated rings. The van der Waals surface area contributed by atoms with Crippen LogP contribution in [0, 0.1) is 6.92 Å². The molecule has 0 atom stereocenters.